The number of hydrogen-bond donors (Lipinski definition) is 1. The molecule has 3 aromatic rings. The lowest BCUT2D eigenvalue weighted by Gasteiger charge is -2.13. The van der Waals surface area contributed by atoms with Crippen LogP contribution in [0, 0.1) is 0 Å². The van der Waals surface area contributed by atoms with E-state index in [2.05, 4.69) is 10.2 Å². The van der Waals surface area contributed by atoms with E-state index in [4.69, 9.17) is 28.9 Å². The number of carbonyl (C=O) groups is 1. The van der Waals surface area contributed by atoms with Gasteiger partial charge in [0.25, 0.3) is 0 Å². The highest BCUT2D eigenvalue weighted by molar-refractivity contribution is 7.99. The van der Waals surface area contributed by atoms with Crippen LogP contribution in [0.3, 0.4) is 0 Å². The van der Waals surface area contributed by atoms with Crippen LogP contribution in [0.25, 0.3) is 0 Å². The predicted octanol–water partition coefficient (Wildman–Crippen LogP) is 4.55. The van der Waals surface area contributed by atoms with Crippen molar-refractivity contribution in [2.24, 2.45) is 5.73 Å². The Bertz CT molecular complexity index is 868. The Labute approximate surface area is 159 Å². The van der Waals surface area contributed by atoms with Crippen molar-refractivity contribution in [2.45, 2.75) is 15.8 Å². The van der Waals surface area contributed by atoms with Crippen molar-refractivity contribution < 1.29 is 4.79 Å². The molecule has 126 valence electrons. The molecule has 0 saturated carbocycles. The van der Waals surface area contributed by atoms with Crippen molar-refractivity contribution in [3.8, 4) is 0 Å². The van der Waals surface area contributed by atoms with Gasteiger partial charge < -0.3 is 5.73 Å². The SMILES string of the molecule is NC(=O)[C@@H](c1ccc(Cl)cc1)c1ccc(Sc2ccc(Cl)cc2)nn1. The minimum Gasteiger partial charge on any atom is -0.369 e. The first kappa shape index (κ1) is 17.7. The normalized spacial score (nSPS) is 11.9. The smallest absolute Gasteiger partial charge is 0.231 e. The molecule has 3 rings (SSSR count). The Morgan fingerprint density at radius 3 is 2.00 bits per heavy atom. The van der Waals surface area contributed by atoms with Gasteiger partial charge in [-0.2, -0.15) is 5.10 Å². The average molecular weight is 390 g/mol. The van der Waals surface area contributed by atoms with E-state index in [1.54, 1.807) is 30.3 Å². The van der Waals surface area contributed by atoms with Crippen LogP contribution in [0.4, 0.5) is 0 Å². The lowest BCUT2D eigenvalue weighted by molar-refractivity contribution is -0.118. The third-order valence-corrected chi connectivity index (χ3v) is 4.92. The molecule has 0 bridgehead atoms. The molecular formula is C18H13Cl2N3OS. The second-order valence-electron chi connectivity index (χ2n) is 5.24. The number of halogens is 2. The molecule has 1 heterocycles. The van der Waals surface area contributed by atoms with Gasteiger partial charge in [0, 0.05) is 14.9 Å². The maximum atomic E-state index is 11.9. The van der Waals surface area contributed by atoms with Crippen molar-refractivity contribution >= 4 is 40.9 Å². The van der Waals surface area contributed by atoms with Gasteiger partial charge in [-0.05, 0) is 54.1 Å². The molecule has 0 unspecified atom stereocenters. The Kier molecular flexibility index (Phi) is 5.58. The second-order valence-corrected chi connectivity index (χ2v) is 7.21. The van der Waals surface area contributed by atoms with E-state index in [0.717, 1.165) is 10.5 Å². The lowest BCUT2D eigenvalue weighted by Crippen LogP contribution is -2.23. The van der Waals surface area contributed by atoms with Crippen molar-refractivity contribution in [3.05, 3.63) is 82.0 Å². The fraction of sp³-hybridized carbons (Fsp3) is 0.0556. The molecule has 0 aliphatic heterocycles. The van der Waals surface area contributed by atoms with Gasteiger partial charge in [0.1, 0.15) is 10.9 Å². The standard InChI is InChI=1S/C18H13Cl2N3OS/c19-12-3-1-11(2-4-12)17(18(21)24)15-9-10-16(23-22-15)25-14-7-5-13(20)6-8-14/h1-10,17H,(H2,21,24)/t17-/m0/s1. The summed E-state index contributed by atoms with van der Waals surface area (Å²) >= 11 is 13.2. The Balaban J connectivity index is 1.82. The molecule has 1 aromatic heterocycles. The van der Waals surface area contributed by atoms with Crippen molar-refractivity contribution in [3.63, 3.8) is 0 Å². The summed E-state index contributed by atoms with van der Waals surface area (Å²) < 4.78 is 0. The molecule has 2 aromatic carbocycles. The fourth-order valence-corrected chi connectivity index (χ4v) is 3.28. The van der Waals surface area contributed by atoms with Gasteiger partial charge in [-0.25, -0.2) is 0 Å². The third kappa shape index (κ3) is 4.51. The largest absolute Gasteiger partial charge is 0.369 e. The number of rotatable bonds is 5. The summed E-state index contributed by atoms with van der Waals surface area (Å²) in [4.78, 5) is 12.9. The summed E-state index contributed by atoms with van der Waals surface area (Å²) in [6.07, 6.45) is 0. The van der Waals surface area contributed by atoms with Gasteiger partial charge in [-0.1, -0.05) is 47.1 Å². The summed E-state index contributed by atoms with van der Waals surface area (Å²) in [6.45, 7) is 0. The number of benzene rings is 2. The summed E-state index contributed by atoms with van der Waals surface area (Å²) in [5.41, 5.74) is 6.78. The molecule has 7 heteroatoms. The minimum atomic E-state index is -0.667. The predicted molar refractivity (Wildman–Crippen MR) is 100 cm³/mol. The van der Waals surface area contributed by atoms with Crippen molar-refractivity contribution in [1.29, 1.82) is 0 Å². The van der Waals surface area contributed by atoms with Gasteiger partial charge in [0.15, 0.2) is 0 Å². The molecule has 0 aliphatic carbocycles. The Hall–Kier alpha value is -2.08. The summed E-state index contributed by atoms with van der Waals surface area (Å²) in [7, 11) is 0. The molecular weight excluding hydrogens is 377 g/mol. The van der Waals surface area contributed by atoms with E-state index in [1.165, 1.54) is 11.8 Å². The maximum Gasteiger partial charge on any atom is 0.231 e. The van der Waals surface area contributed by atoms with Crippen molar-refractivity contribution in [1.82, 2.24) is 10.2 Å². The van der Waals surface area contributed by atoms with Gasteiger partial charge in [0.2, 0.25) is 5.91 Å². The van der Waals surface area contributed by atoms with Crippen LogP contribution in [0.5, 0.6) is 0 Å². The molecule has 4 nitrogen and oxygen atoms in total. The van der Waals surface area contributed by atoms with Gasteiger partial charge in [-0.15, -0.1) is 5.10 Å². The zero-order valence-electron chi connectivity index (χ0n) is 12.9. The minimum absolute atomic E-state index is 0.491. The number of carbonyl (C=O) groups excluding carboxylic acids is 1. The van der Waals surface area contributed by atoms with Crippen LogP contribution in [0.15, 0.2) is 70.6 Å². The van der Waals surface area contributed by atoms with Crippen LogP contribution < -0.4 is 5.73 Å². The van der Waals surface area contributed by atoms with E-state index in [9.17, 15) is 4.79 Å². The molecule has 1 atom stereocenters. The van der Waals surface area contributed by atoms with Crippen molar-refractivity contribution in [2.75, 3.05) is 0 Å². The molecule has 0 spiro atoms. The first-order chi connectivity index (χ1) is 12.0. The number of hydrogen-bond acceptors (Lipinski definition) is 4. The second kappa shape index (κ2) is 7.87. The van der Waals surface area contributed by atoms with E-state index in [0.29, 0.717) is 20.8 Å². The Morgan fingerprint density at radius 2 is 1.48 bits per heavy atom. The van der Waals surface area contributed by atoms with Crippen LogP contribution >= 0.6 is 35.0 Å². The Morgan fingerprint density at radius 1 is 0.880 bits per heavy atom. The highest BCUT2D eigenvalue weighted by Gasteiger charge is 2.22. The van der Waals surface area contributed by atoms with E-state index >= 15 is 0 Å². The molecule has 0 radical (unpaired) electrons. The zero-order valence-corrected chi connectivity index (χ0v) is 15.2. The number of amides is 1. The van der Waals surface area contributed by atoms with Gasteiger partial charge in [0.05, 0.1) is 5.69 Å². The molecule has 0 saturated heterocycles. The first-order valence-electron chi connectivity index (χ1n) is 7.35. The third-order valence-electron chi connectivity index (χ3n) is 3.48. The molecule has 25 heavy (non-hydrogen) atoms. The molecule has 0 aliphatic rings. The van der Waals surface area contributed by atoms with Crippen LogP contribution in [-0.4, -0.2) is 16.1 Å². The number of nitrogens with zero attached hydrogens (tertiary/aromatic N) is 2. The first-order valence-corrected chi connectivity index (χ1v) is 8.92. The van der Waals surface area contributed by atoms with Crippen LogP contribution in [-0.2, 0) is 4.79 Å². The van der Waals surface area contributed by atoms with E-state index < -0.39 is 11.8 Å². The van der Waals surface area contributed by atoms with E-state index in [1.807, 2.05) is 30.3 Å². The molecule has 2 N–H and O–H groups in total. The lowest BCUT2D eigenvalue weighted by atomic mass is 9.95. The highest BCUT2D eigenvalue weighted by Crippen LogP contribution is 2.29. The quantitative estimate of drug-likeness (QED) is 0.694. The van der Waals surface area contributed by atoms with Gasteiger partial charge in [-0.3, -0.25) is 4.79 Å². The zero-order chi connectivity index (χ0) is 17.8. The molecule has 1 amide bonds. The summed E-state index contributed by atoms with van der Waals surface area (Å²) in [5.74, 6) is -1.16. The topological polar surface area (TPSA) is 68.9 Å². The summed E-state index contributed by atoms with van der Waals surface area (Å²) in [6, 6.07) is 18.0. The summed E-state index contributed by atoms with van der Waals surface area (Å²) in [5, 5.41) is 10.4. The fourth-order valence-electron chi connectivity index (χ4n) is 2.30. The van der Waals surface area contributed by atoms with Gasteiger partial charge >= 0.3 is 0 Å². The van der Waals surface area contributed by atoms with E-state index in [-0.39, 0.29) is 0 Å². The highest BCUT2D eigenvalue weighted by atomic mass is 35.5. The number of nitrogens with two attached hydrogens (primary N) is 1. The van der Waals surface area contributed by atoms with Crippen LogP contribution in [0.1, 0.15) is 17.2 Å². The molecule has 0 fully saturated rings. The number of aromatic nitrogens is 2. The maximum absolute atomic E-state index is 11.9. The average Bonchev–Trinajstić information content (AvgIpc) is 2.60. The monoisotopic (exact) mass is 389 g/mol. The number of primary amides is 1. The van der Waals surface area contributed by atoms with Crippen LogP contribution in [0.2, 0.25) is 10.0 Å².